The smallest absolute Gasteiger partial charge is 0.416 e. The Morgan fingerprint density at radius 1 is 1.05 bits per heavy atom. The second-order valence-corrected chi connectivity index (χ2v) is 9.01. The van der Waals surface area contributed by atoms with E-state index in [1.54, 1.807) is 18.2 Å². The van der Waals surface area contributed by atoms with Gasteiger partial charge in [-0.15, -0.1) is 0 Å². The van der Waals surface area contributed by atoms with Gasteiger partial charge in [0.15, 0.2) is 6.61 Å². The van der Waals surface area contributed by atoms with Crippen molar-refractivity contribution in [1.82, 2.24) is 10.6 Å². The first kappa shape index (κ1) is 28.0. The predicted octanol–water partition coefficient (Wildman–Crippen LogP) is 3.93. The van der Waals surface area contributed by atoms with Gasteiger partial charge in [0.2, 0.25) is 0 Å². The van der Waals surface area contributed by atoms with Gasteiger partial charge in [0, 0.05) is 29.9 Å². The minimum atomic E-state index is -4.49. The number of aliphatic carboxylic acids is 1. The number of carboxylic acids is 1. The summed E-state index contributed by atoms with van der Waals surface area (Å²) < 4.78 is 39.2. The maximum Gasteiger partial charge on any atom is 0.416 e. The molecule has 2 aromatic carbocycles. The molecule has 0 saturated heterocycles. The maximum absolute atomic E-state index is 13.1. The molecule has 0 atom stereocenters. The highest BCUT2D eigenvalue weighted by Crippen LogP contribution is 2.30. The second kappa shape index (κ2) is 13.1. The zero-order valence-electron chi connectivity index (χ0n) is 20.3. The number of anilines is 1. The Morgan fingerprint density at radius 3 is 2.38 bits per heavy atom. The first-order chi connectivity index (χ1) is 17.6. The van der Waals surface area contributed by atoms with Gasteiger partial charge in [-0.25, -0.2) is 0 Å². The third-order valence-corrected chi connectivity index (χ3v) is 6.16. The van der Waals surface area contributed by atoms with E-state index in [2.05, 4.69) is 15.8 Å². The van der Waals surface area contributed by atoms with Crippen molar-refractivity contribution in [3.8, 4) is 0 Å². The van der Waals surface area contributed by atoms with E-state index in [0.29, 0.717) is 34.8 Å². The molecule has 0 spiro atoms. The van der Waals surface area contributed by atoms with Crippen LogP contribution in [0.4, 0.5) is 18.9 Å². The van der Waals surface area contributed by atoms with Crippen LogP contribution in [0.5, 0.6) is 0 Å². The van der Waals surface area contributed by atoms with Crippen LogP contribution >= 0.6 is 0 Å². The number of carbonyl (C=O) groups excluding carboxylic acids is 1. The molecule has 1 fully saturated rings. The van der Waals surface area contributed by atoms with Crippen molar-refractivity contribution in [2.75, 3.05) is 25.4 Å². The third-order valence-electron chi connectivity index (χ3n) is 6.16. The average Bonchev–Trinajstić information content (AvgIpc) is 2.87. The van der Waals surface area contributed by atoms with Gasteiger partial charge < -0.3 is 26.3 Å². The lowest BCUT2D eigenvalue weighted by Gasteiger charge is -2.21. The molecular formula is C26H31F3N4O4. The van der Waals surface area contributed by atoms with E-state index >= 15 is 0 Å². The van der Waals surface area contributed by atoms with Gasteiger partial charge >= 0.3 is 12.1 Å². The van der Waals surface area contributed by atoms with Crippen LogP contribution in [0.25, 0.3) is 0 Å². The lowest BCUT2D eigenvalue weighted by Crippen LogP contribution is -2.32. The largest absolute Gasteiger partial charge is 0.480 e. The van der Waals surface area contributed by atoms with Gasteiger partial charge in [0.05, 0.1) is 12.1 Å². The minimum absolute atomic E-state index is 0.149. The van der Waals surface area contributed by atoms with Crippen LogP contribution in [0.2, 0.25) is 0 Å². The molecule has 8 nitrogen and oxygen atoms in total. The lowest BCUT2D eigenvalue weighted by molar-refractivity contribution is -0.138. The van der Waals surface area contributed by atoms with Crippen molar-refractivity contribution in [3.05, 3.63) is 64.7 Å². The Kier molecular flexibility index (Phi) is 9.90. The number of hydrogen-bond donors (Lipinski definition) is 4. The van der Waals surface area contributed by atoms with Crippen molar-refractivity contribution in [3.63, 3.8) is 0 Å². The second-order valence-electron chi connectivity index (χ2n) is 9.01. The van der Waals surface area contributed by atoms with Crippen molar-refractivity contribution >= 4 is 23.3 Å². The van der Waals surface area contributed by atoms with Crippen molar-refractivity contribution in [1.29, 1.82) is 0 Å². The molecule has 0 heterocycles. The van der Waals surface area contributed by atoms with Gasteiger partial charge in [-0.2, -0.15) is 13.2 Å². The number of carbonyl (C=O) groups is 2. The van der Waals surface area contributed by atoms with Crippen molar-refractivity contribution < 1.29 is 32.7 Å². The number of oxime groups is 1. The normalized spacial score (nSPS) is 14.8. The standard InChI is InChI=1S/C26H31F3N4O4/c27-26(28,29)21-9-6-18(7-10-21)25(19-8-11-22(30)20(12-19)14-31-15-24(35)36)33-37-16-23(34)32-13-17-4-2-1-3-5-17/h6-12,17,31H,1-5,13-16,30H2,(H,32,34)(H,35,36)/b33-25-. The molecule has 0 aliphatic heterocycles. The van der Waals surface area contributed by atoms with E-state index in [9.17, 15) is 22.8 Å². The molecule has 1 saturated carbocycles. The molecule has 3 rings (SSSR count). The number of amides is 1. The number of nitrogens with one attached hydrogen (secondary N) is 2. The van der Waals surface area contributed by atoms with Crippen molar-refractivity contribution in [2.45, 2.75) is 44.8 Å². The van der Waals surface area contributed by atoms with E-state index in [0.717, 1.165) is 37.8 Å². The van der Waals surface area contributed by atoms with Crippen molar-refractivity contribution in [2.24, 2.45) is 11.1 Å². The fourth-order valence-electron chi connectivity index (χ4n) is 4.16. The van der Waals surface area contributed by atoms with E-state index in [-0.39, 0.29) is 31.3 Å². The van der Waals surface area contributed by atoms with Gasteiger partial charge in [0.25, 0.3) is 5.91 Å². The van der Waals surface area contributed by atoms with Gasteiger partial charge in [-0.05, 0) is 48.6 Å². The zero-order chi connectivity index (χ0) is 26.8. The lowest BCUT2D eigenvalue weighted by atomic mass is 9.89. The molecular weight excluding hydrogens is 489 g/mol. The SMILES string of the molecule is Nc1ccc(/C(=N\OCC(=O)NCC2CCCCC2)c2ccc(C(F)(F)F)cc2)cc1CNCC(=O)O. The molecule has 1 aliphatic carbocycles. The summed E-state index contributed by atoms with van der Waals surface area (Å²) in [5, 5.41) is 18.5. The first-order valence-corrected chi connectivity index (χ1v) is 12.1. The van der Waals surface area contributed by atoms with Crippen LogP contribution in [0.15, 0.2) is 47.6 Å². The van der Waals surface area contributed by atoms with E-state index in [1.807, 2.05) is 0 Å². The fraction of sp³-hybridized carbons (Fsp3) is 0.423. The molecule has 5 N–H and O–H groups in total. The van der Waals surface area contributed by atoms with Crippen LogP contribution in [-0.2, 0) is 27.1 Å². The number of alkyl halides is 3. The highest BCUT2D eigenvalue weighted by Gasteiger charge is 2.30. The van der Waals surface area contributed by atoms with Crippen LogP contribution in [-0.4, -0.2) is 42.4 Å². The molecule has 1 aliphatic rings. The summed E-state index contributed by atoms with van der Waals surface area (Å²) in [5.74, 6) is -0.916. The monoisotopic (exact) mass is 520 g/mol. The summed E-state index contributed by atoms with van der Waals surface area (Å²) in [5.41, 5.74) is 7.19. The van der Waals surface area contributed by atoms with Crippen LogP contribution < -0.4 is 16.4 Å². The van der Waals surface area contributed by atoms with Gasteiger partial charge in [0.1, 0.15) is 5.71 Å². The Labute approximate surface area is 213 Å². The molecule has 1 amide bonds. The molecule has 200 valence electrons. The highest BCUT2D eigenvalue weighted by molar-refractivity contribution is 6.13. The summed E-state index contributed by atoms with van der Waals surface area (Å²) in [6.07, 6.45) is 1.21. The summed E-state index contributed by atoms with van der Waals surface area (Å²) in [4.78, 5) is 28.4. The Bertz CT molecular complexity index is 1100. The Balaban J connectivity index is 1.77. The van der Waals surface area contributed by atoms with E-state index in [4.69, 9.17) is 15.7 Å². The summed E-state index contributed by atoms with van der Waals surface area (Å²) in [6.45, 7) is 0.0977. The Morgan fingerprint density at radius 2 is 1.73 bits per heavy atom. The number of hydrogen-bond acceptors (Lipinski definition) is 6. The molecule has 0 unspecified atom stereocenters. The fourth-order valence-corrected chi connectivity index (χ4v) is 4.16. The zero-order valence-corrected chi connectivity index (χ0v) is 20.3. The molecule has 11 heteroatoms. The summed E-state index contributed by atoms with van der Waals surface area (Å²) in [7, 11) is 0. The molecule has 0 bridgehead atoms. The molecule has 0 radical (unpaired) electrons. The maximum atomic E-state index is 13.1. The van der Waals surface area contributed by atoms with Gasteiger partial charge in [-0.1, -0.05) is 42.6 Å². The summed E-state index contributed by atoms with van der Waals surface area (Å²) >= 11 is 0. The van der Waals surface area contributed by atoms with E-state index < -0.39 is 17.7 Å². The highest BCUT2D eigenvalue weighted by atomic mass is 19.4. The first-order valence-electron chi connectivity index (χ1n) is 12.1. The number of carboxylic acid groups (broad SMARTS) is 1. The summed E-state index contributed by atoms with van der Waals surface area (Å²) in [6, 6.07) is 9.28. The third kappa shape index (κ3) is 8.78. The Hall–Kier alpha value is -3.60. The number of nitrogen functional groups attached to an aromatic ring is 1. The number of benzene rings is 2. The molecule has 37 heavy (non-hydrogen) atoms. The molecule has 0 aromatic heterocycles. The van der Waals surface area contributed by atoms with Crippen LogP contribution in [0, 0.1) is 5.92 Å². The predicted molar refractivity (Wildman–Crippen MR) is 133 cm³/mol. The minimum Gasteiger partial charge on any atom is -0.480 e. The number of halogens is 3. The number of nitrogens with two attached hydrogens (primary N) is 1. The van der Waals surface area contributed by atoms with Crippen LogP contribution in [0.3, 0.4) is 0 Å². The quantitative estimate of drug-likeness (QED) is 0.202. The van der Waals surface area contributed by atoms with E-state index in [1.165, 1.54) is 18.6 Å². The topological polar surface area (TPSA) is 126 Å². The average molecular weight is 521 g/mol. The van der Waals surface area contributed by atoms with Gasteiger partial charge in [-0.3, -0.25) is 9.59 Å². The van der Waals surface area contributed by atoms with Crippen LogP contribution in [0.1, 0.15) is 54.4 Å². The molecule has 2 aromatic rings. The number of nitrogens with zero attached hydrogens (tertiary/aromatic N) is 1. The number of rotatable bonds is 11.